The molecule has 0 saturated carbocycles. The van der Waals surface area contributed by atoms with E-state index in [4.69, 9.17) is 19.9 Å². The number of nitrogens with zero attached hydrogens (tertiary/aromatic N) is 2. The molecule has 0 aliphatic heterocycles. The van der Waals surface area contributed by atoms with E-state index in [1.807, 2.05) is 18.2 Å². The van der Waals surface area contributed by atoms with E-state index in [-0.39, 0.29) is 5.95 Å². The first-order chi connectivity index (χ1) is 9.19. The lowest BCUT2D eigenvalue weighted by atomic mass is 10.1. The molecular formula is C13H15N3O3. The normalized spacial score (nSPS) is 10.1. The topological polar surface area (TPSA) is 79.5 Å². The highest BCUT2D eigenvalue weighted by Crippen LogP contribution is 2.38. The van der Waals surface area contributed by atoms with Crippen molar-refractivity contribution in [3.63, 3.8) is 0 Å². The van der Waals surface area contributed by atoms with Crippen molar-refractivity contribution in [2.24, 2.45) is 0 Å². The second-order valence-corrected chi connectivity index (χ2v) is 3.69. The van der Waals surface area contributed by atoms with Crippen molar-refractivity contribution in [3.05, 3.63) is 24.3 Å². The largest absolute Gasteiger partial charge is 0.496 e. The summed E-state index contributed by atoms with van der Waals surface area (Å²) in [6, 6.07) is 7.16. The molecule has 6 heteroatoms. The van der Waals surface area contributed by atoms with Crippen LogP contribution in [0, 0.1) is 0 Å². The molecular weight excluding hydrogens is 246 g/mol. The Bertz CT molecular complexity index is 565. The molecule has 0 unspecified atom stereocenters. The van der Waals surface area contributed by atoms with E-state index in [1.54, 1.807) is 20.3 Å². The van der Waals surface area contributed by atoms with Crippen LogP contribution in [0.15, 0.2) is 24.3 Å². The Balaban J connectivity index is 2.66. The van der Waals surface area contributed by atoms with E-state index in [1.165, 1.54) is 7.11 Å². The van der Waals surface area contributed by atoms with Crippen LogP contribution in [0.25, 0.3) is 11.3 Å². The van der Waals surface area contributed by atoms with Gasteiger partial charge in [0.25, 0.3) is 0 Å². The first-order valence-corrected chi connectivity index (χ1v) is 5.59. The summed E-state index contributed by atoms with van der Waals surface area (Å²) in [6.07, 6.45) is 0. The van der Waals surface area contributed by atoms with E-state index < -0.39 is 0 Å². The molecule has 100 valence electrons. The van der Waals surface area contributed by atoms with Crippen molar-refractivity contribution in [2.45, 2.75) is 0 Å². The number of ether oxygens (including phenoxy) is 3. The SMILES string of the molecule is COc1cc(-c2c(OC)cccc2OC)nc(N)n1. The van der Waals surface area contributed by atoms with Gasteiger partial charge in [0.15, 0.2) is 0 Å². The second-order valence-electron chi connectivity index (χ2n) is 3.69. The van der Waals surface area contributed by atoms with Crippen molar-refractivity contribution in [2.75, 3.05) is 27.1 Å². The molecule has 1 aromatic heterocycles. The van der Waals surface area contributed by atoms with Gasteiger partial charge in [-0.05, 0) is 12.1 Å². The van der Waals surface area contributed by atoms with Gasteiger partial charge in [-0.2, -0.15) is 4.98 Å². The van der Waals surface area contributed by atoms with Crippen LogP contribution in [0.3, 0.4) is 0 Å². The lowest BCUT2D eigenvalue weighted by Crippen LogP contribution is -2.01. The van der Waals surface area contributed by atoms with Crippen LogP contribution in [0.2, 0.25) is 0 Å². The Morgan fingerprint density at radius 3 is 2.11 bits per heavy atom. The average Bonchev–Trinajstić information content (AvgIpc) is 2.45. The molecule has 0 spiro atoms. The molecule has 0 bridgehead atoms. The Morgan fingerprint density at radius 2 is 1.58 bits per heavy atom. The molecule has 0 saturated heterocycles. The van der Waals surface area contributed by atoms with Crippen molar-refractivity contribution < 1.29 is 14.2 Å². The first kappa shape index (κ1) is 12.9. The molecule has 1 heterocycles. The zero-order chi connectivity index (χ0) is 13.8. The lowest BCUT2D eigenvalue weighted by molar-refractivity contribution is 0.394. The minimum Gasteiger partial charge on any atom is -0.496 e. The molecule has 0 fully saturated rings. The number of benzene rings is 1. The number of methoxy groups -OCH3 is 3. The predicted octanol–water partition coefficient (Wildman–Crippen LogP) is 1.75. The molecule has 0 amide bonds. The maximum Gasteiger partial charge on any atom is 0.223 e. The smallest absolute Gasteiger partial charge is 0.223 e. The average molecular weight is 261 g/mol. The molecule has 2 aromatic rings. The quantitative estimate of drug-likeness (QED) is 0.903. The van der Waals surface area contributed by atoms with Gasteiger partial charge in [0.2, 0.25) is 11.8 Å². The van der Waals surface area contributed by atoms with Gasteiger partial charge < -0.3 is 19.9 Å². The summed E-state index contributed by atoms with van der Waals surface area (Å²) in [6.45, 7) is 0. The number of rotatable bonds is 4. The summed E-state index contributed by atoms with van der Waals surface area (Å²) in [4.78, 5) is 8.15. The maximum absolute atomic E-state index is 5.67. The van der Waals surface area contributed by atoms with Crippen LogP contribution in [0.4, 0.5) is 5.95 Å². The van der Waals surface area contributed by atoms with E-state index in [0.717, 1.165) is 0 Å². The molecule has 2 N–H and O–H groups in total. The third-order valence-electron chi connectivity index (χ3n) is 2.61. The first-order valence-electron chi connectivity index (χ1n) is 5.59. The van der Waals surface area contributed by atoms with Gasteiger partial charge in [-0.3, -0.25) is 0 Å². The highest BCUT2D eigenvalue weighted by Gasteiger charge is 2.15. The highest BCUT2D eigenvalue weighted by atomic mass is 16.5. The molecule has 6 nitrogen and oxygen atoms in total. The number of hydrogen-bond acceptors (Lipinski definition) is 6. The Labute approximate surface area is 111 Å². The number of hydrogen-bond donors (Lipinski definition) is 1. The second kappa shape index (κ2) is 5.43. The van der Waals surface area contributed by atoms with E-state index in [9.17, 15) is 0 Å². The monoisotopic (exact) mass is 261 g/mol. The number of aromatic nitrogens is 2. The standard InChI is InChI=1S/C13H15N3O3/c1-17-9-5-4-6-10(18-2)12(9)8-7-11(19-3)16-13(14)15-8/h4-7H,1-3H3,(H2,14,15,16). The van der Waals surface area contributed by atoms with Crippen LogP contribution in [-0.2, 0) is 0 Å². The molecule has 0 aliphatic carbocycles. The third kappa shape index (κ3) is 2.52. The number of nitrogens with two attached hydrogens (primary N) is 1. The summed E-state index contributed by atoms with van der Waals surface area (Å²) in [5.74, 6) is 1.79. The Morgan fingerprint density at radius 1 is 0.947 bits per heavy atom. The fraction of sp³-hybridized carbons (Fsp3) is 0.231. The minimum atomic E-state index is 0.127. The molecule has 1 aromatic carbocycles. The Kier molecular flexibility index (Phi) is 3.70. The van der Waals surface area contributed by atoms with Gasteiger partial charge in [-0.25, -0.2) is 4.98 Å². The van der Waals surface area contributed by atoms with Gasteiger partial charge in [0, 0.05) is 6.07 Å². The minimum absolute atomic E-state index is 0.127. The number of anilines is 1. The molecule has 0 aliphatic rings. The lowest BCUT2D eigenvalue weighted by Gasteiger charge is -2.13. The Hall–Kier alpha value is -2.50. The summed E-state index contributed by atoms with van der Waals surface area (Å²) < 4.78 is 15.8. The van der Waals surface area contributed by atoms with E-state index in [2.05, 4.69) is 9.97 Å². The van der Waals surface area contributed by atoms with E-state index >= 15 is 0 Å². The maximum atomic E-state index is 5.67. The van der Waals surface area contributed by atoms with Crippen LogP contribution in [0.5, 0.6) is 17.4 Å². The molecule has 0 radical (unpaired) electrons. The molecule has 19 heavy (non-hydrogen) atoms. The van der Waals surface area contributed by atoms with Gasteiger partial charge in [0.05, 0.1) is 32.6 Å². The van der Waals surface area contributed by atoms with Crippen molar-refractivity contribution in [1.29, 1.82) is 0 Å². The summed E-state index contributed by atoms with van der Waals surface area (Å²) in [7, 11) is 4.69. The van der Waals surface area contributed by atoms with Crippen molar-refractivity contribution in [1.82, 2.24) is 9.97 Å². The van der Waals surface area contributed by atoms with Crippen LogP contribution in [-0.4, -0.2) is 31.3 Å². The predicted molar refractivity (Wildman–Crippen MR) is 71.5 cm³/mol. The molecule has 2 rings (SSSR count). The fourth-order valence-electron chi connectivity index (χ4n) is 1.78. The fourth-order valence-corrected chi connectivity index (χ4v) is 1.78. The van der Waals surface area contributed by atoms with Crippen molar-refractivity contribution >= 4 is 5.95 Å². The van der Waals surface area contributed by atoms with Crippen LogP contribution < -0.4 is 19.9 Å². The summed E-state index contributed by atoms with van der Waals surface area (Å²) in [5, 5.41) is 0. The van der Waals surface area contributed by atoms with Gasteiger partial charge in [-0.15, -0.1) is 0 Å². The number of nitrogen functional groups attached to an aromatic ring is 1. The third-order valence-corrected chi connectivity index (χ3v) is 2.61. The van der Waals surface area contributed by atoms with E-state index in [0.29, 0.717) is 28.6 Å². The summed E-state index contributed by atoms with van der Waals surface area (Å²) >= 11 is 0. The highest BCUT2D eigenvalue weighted by molar-refractivity contribution is 5.75. The van der Waals surface area contributed by atoms with Crippen LogP contribution >= 0.6 is 0 Å². The van der Waals surface area contributed by atoms with Gasteiger partial charge in [-0.1, -0.05) is 6.07 Å². The zero-order valence-electron chi connectivity index (χ0n) is 11.0. The molecule has 0 atom stereocenters. The zero-order valence-corrected chi connectivity index (χ0v) is 11.0. The van der Waals surface area contributed by atoms with Crippen molar-refractivity contribution in [3.8, 4) is 28.6 Å². The van der Waals surface area contributed by atoms with Gasteiger partial charge in [0.1, 0.15) is 11.5 Å². The summed E-state index contributed by atoms with van der Waals surface area (Å²) in [5.41, 5.74) is 6.96. The van der Waals surface area contributed by atoms with Gasteiger partial charge >= 0.3 is 0 Å². The van der Waals surface area contributed by atoms with Crippen LogP contribution in [0.1, 0.15) is 0 Å².